The summed E-state index contributed by atoms with van der Waals surface area (Å²) in [7, 11) is 0. The Labute approximate surface area is 245 Å². The predicted molar refractivity (Wildman–Crippen MR) is 151 cm³/mol. The summed E-state index contributed by atoms with van der Waals surface area (Å²) in [6.45, 7) is 14.1. The van der Waals surface area contributed by atoms with E-state index in [-0.39, 0.29) is 26.2 Å². The molecule has 0 aliphatic carbocycles. The first kappa shape index (κ1) is 32.7. The number of rotatable bonds is 4. The Morgan fingerprint density at radius 1 is 1.08 bits per heavy atom. The van der Waals surface area contributed by atoms with Crippen LogP contribution < -0.4 is 0 Å². The molecule has 3 nitrogen and oxygen atoms in total. The number of allylic oxidation sites excluding steroid dienone is 2. The van der Waals surface area contributed by atoms with Crippen molar-refractivity contribution in [2.45, 2.75) is 61.1 Å². The minimum atomic E-state index is -4.90. The zero-order valence-electron chi connectivity index (χ0n) is 23.1. The minimum absolute atomic E-state index is 0. The van der Waals surface area contributed by atoms with Crippen molar-refractivity contribution >= 4 is 38.0 Å². The van der Waals surface area contributed by atoms with Gasteiger partial charge in [-0.1, -0.05) is 60.6 Å². The summed E-state index contributed by atoms with van der Waals surface area (Å²) >= 11 is 1.86. The fourth-order valence-electron chi connectivity index (χ4n) is 4.13. The largest absolute Gasteiger partial charge is 0.512 e. The number of hydrogen-bond donors (Lipinski definition) is 1. The number of benzene rings is 2. The summed E-state index contributed by atoms with van der Waals surface area (Å²) in [4.78, 5) is 14.9. The second-order valence-corrected chi connectivity index (χ2v) is 11.9. The Kier molecular flexibility index (Phi) is 10.7. The summed E-state index contributed by atoms with van der Waals surface area (Å²) < 4.78 is 36.1. The molecule has 0 aliphatic rings. The summed E-state index contributed by atoms with van der Waals surface area (Å²) in [5, 5.41) is 15.0. The average molecular weight is 733 g/mol. The Balaban J connectivity index is 0.000000352. The minimum Gasteiger partial charge on any atom is -0.512 e. The normalized spacial score (nSPS) is 12.3. The molecule has 2 aromatic heterocycles. The molecule has 8 heteroatoms. The van der Waals surface area contributed by atoms with Crippen LogP contribution >= 0.6 is 11.3 Å². The number of alkyl halides is 3. The van der Waals surface area contributed by atoms with Gasteiger partial charge < -0.3 is 10.1 Å². The van der Waals surface area contributed by atoms with Gasteiger partial charge in [-0.3, -0.25) is 4.79 Å². The molecule has 0 fully saturated rings. The summed E-state index contributed by atoms with van der Waals surface area (Å²) in [6.07, 6.45) is -1.67. The molecular formula is C31H33F3IrNO2S-. The number of ketones is 1. The number of hydrogen-bond acceptors (Lipinski definition) is 4. The molecule has 0 bridgehead atoms. The number of aliphatic hydroxyl groups excluding tert-OH is 1. The molecule has 211 valence electrons. The molecule has 0 atom stereocenters. The Hall–Kier alpha value is -2.54. The number of fused-ring (bicyclic) bond motifs is 3. The van der Waals surface area contributed by atoms with Crippen molar-refractivity contribution in [2.24, 2.45) is 11.3 Å². The number of aromatic nitrogens is 1. The van der Waals surface area contributed by atoms with Gasteiger partial charge in [0.2, 0.25) is 0 Å². The fraction of sp³-hybridized carbons (Fsp3) is 0.355. The molecule has 0 saturated heterocycles. The summed E-state index contributed by atoms with van der Waals surface area (Å²) in [5.41, 5.74) is 6.26. The van der Waals surface area contributed by atoms with E-state index in [0.717, 1.165) is 23.2 Å². The molecule has 0 aliphatic heterocycles. The van der Waals surface area contributed by atoms with E-state index >= 15 is 0 Å². The van der Waals surface area contributed by atoms with Gasteiger partial charge >= 0.3 is 6.18 Å². The van der Waals surface area contributed by atoms with Gasteiger partial charge in [0.05, 0.1) is 5.76 Å². The van der Waals surface area contributed by atoms with E-state index in [2.05, 4.69) is 76.4 Å². The SMILES string of the molecule is CC(C)/C(O)=C/C(=O)C(F)(F)F.Cc1[c-]c(-c2nccc3c2ccc2c(CC(C)(C)C)csc23)cc(C)c1.[Ir]. The van der Waals surface area contributed by atoms with Crippen LogP contribution in [0.25, 0.3) is 32.1 Å². The van der Waals surface area contributed by atoms with E-state index in [1.54, 1.807) is 0 Å². The predicted octanol–water partition coefficient (Wildman–Crippen LogP) is 9.34. The van der Waals surface area contributed by atoms with Gasteiger partial charge in [-0.25, -0.2) is 0 Å². The first-order chi connectivity index (χ1) is 17.6. The Morgan fingerprint density at radius 3 is 2.28 bits per heavy atom. The third-order valence-electron chi connectivity index (χ3n) is 5.83. The monoisotopic (exact) mass is 733 g/mol. The third kappa shape index (κ3) is 8.47. The number of halogens is 3. The number of aryl methyl sites for hydroxylation is 2. The molecule has 2 heterocycles. The van der Waals surface area contributed by atoms with Crippen LogP contribution in [0.5, 0.6) is 0 Å². The zero-order valence-corrected chi connectivity index (χ0v) is 26.3. The van der Waals surface area contributed by atoms with Crippen LogP contribution in [0.4, 0.5) is 13.2 Å². The molecule has 4 rings (SSSR count). The van der Waals surface area contributed by atoms with Gasteiger partial charge in [0.25, 0.3) is 5.78 Å². The van der Waals surface area contributed by atoms with Crippen molar-refractivity contribution in [1.29, 1.82) is 0 Å². The van der Waals surface area contributed by atoms with Gasteiger partial charge in [0.1, 0.15) is 0 Å². The summed E-state index contributed by atoms with van der Waals surface area (Å²) in [5.74, 6) is -3.07. The van der Waals surface area contributed by atoms with E-state index in [4.69, 9.17) is 10.1 Å². The van der Waals surface area contributed by atoms with Crippen LogP contribution in [0.1, 0.15) is 51.3 Å². The second-order valence-electron chi connectivity index (χ2n) is 11.0. The topological polar surface area (TPSA) is 50.2 Å². The number of carbonyl (C=O) groups excluding carboxylic acids is 1. The molecule has 39 heavy (non-hydrogen) atoms. The number of thiophene rings is 1. The third-order valence-corrected chi connectivity index (χ3v) is 6.91. The van der Waals surface area contributed by atoms with Gasteiger partial charge in [-0.05, 0) is 50.7 Å². The zero-order chi connectivity index (χ0) is 28.4. The summed E-state index contributed by atoms with van der Waals surface area (Å²) in [6, 6.07) is 14.5. The number of aliphatic hydroxyl groups is 1. The number of carbonyl (C=O) groups is 1. The van der Waals surface area contributed by atoms with Gasteiger partial charge in [-0.15, -0.1) is 46.2 Å². The van der Waals surface area contributed by atoms with Crippen LogP contribution in [-0.4, -0.2) is 22.1 Å². The molecule has 0 unspecified atom stereocenters. The first-order valence-electron chi connectivity index (χ1n) is 12.4. The number of nitrogens with zero attached hydrogens (tertiary/aromatic N) is 1. The van der Waals surface area contributed by atoms with E-state index in [9.17, 15) is 18.0 Å². The van der Waals surface area contributed by atoms with Crippen molar-refractivity contribution in [3.05, 3.63) is 76.5 Å². The van der Waals surface area contributed by atoms with E-state index in [1.807, 2.05) is 17.5 Å². The van der Waals surface area contributed by atoms with Crippen molar-refractivity contribution in [3.63, 3.8) is 0 Å². The molecule has 0 spiro atoms. The molecule has 2 aromatic carbocycles. The van der Waals surface area contributed by atoms with Crippen molar-refractivity contribution in [2.75, 3.05) is 0 Å². The molecule has 4 aromatic rings. The van der Waals surface area contributed by atoms with Crippen molar-refractivity contribution in [3.8, 4) is 11.3 Å². The first-order valence-corrected chi connectivity index (χ1v) is 13.2. The van der Waals surface area contributed by atoms with Crippen LogP contribution in [0.15, 0.2) is 53.7 Å². The Bertz CT molecular complexity index is 1480. The maximum absolute atomic E-state index is 11.6. The van der Waals surface area contributed by atoms with E-state index in [0.29, 0.717) is 5.41 Å². The van der Waals surface area contributed by atoms with E-state index in [1.165, 1.54) is 45.8 Å². The molecule has 0 saturated carbocycles. The molecule has 0 amide bonds. The maximum Gasteiger partial charge on any atom is 0.454 e. The smallest absolute Gasteiger partial charge is 0.454 e. The van der Waals surface area contributed by atoms with Crippen LogP contribution in [0.3, 0.4) is 0 Å². The van der Waals surface area contributed by atoms with Crippen LogP contribution in [-0.2, 0) is 31.3 Å². The Morgan fingerprint density at radius 2 is 1.72 bits per heavy atom. The molecule has 1 N–H and O–H groups in total. The van der Waals surface area contributed by atoms with Crippen molar-refractivity contribution in [1.82, 2.24) is 4.98 Å². The standard InChI is InChI=1S/C24H24NS.C7H9F3O2.Ir/c1-15-10-16(2)12-17(11-15)22-20-7-6-19-18(13-24(3,4)5)14-26-23(19)21(20)8-9-25-22;1-4(2)5(11)3-6(12)7(8,9)10;/h6-11,14H,13H2,1-5H3;3-4,11H,1-2H3;/q-1;;/b;5-3-;. The quantitative estimate of drug-likeness (QED) is 0.129. The van der Waals surface area contributed by atoms with Gasteiger partial charge in [0.15, 0.2) is 0 Å². The van der Waals surface area contributed by atoms with Crippen LogP contribution in [0.2, 0.25) is 0 Å². The average Bonchev–Trinajstić information content (AvgIpc) is 3.19. The van der Waals surface area contributed by atoms with Gasteiger partial charge in [-0.2, -0.15) is 13.2 Å². The van der Waals surface area contributed by atoms with Gasteiger partial charge in [0, 0.05) is 43.0 Å². The molecule has 1 radical (unpaired) electrons. The maximum atomic E-state index is 11.6. The second kappa shape index (κ2) is 12.8. The fourth-order valence-corrected chi connectivity index (χ4v) is 5.23. The number of pyridine rings is 1. The molecular weight excluding hydrogens is 700 g/mol. The van der Waals surface area contributed by atoms with Crippen molar-refractivity contribution < 1.29 is 43.2 Å². The van der Waals surface area contributed by atoms with E-state index < -0.39 is 23.6 Å². The van der Waals surface area contributed by atoms with Crippen LogP contribution in [0, 0.1) is 31.2 Å².